The molecule has 3 aliphatic rings. The van der Waals surface area contributed by atoms with Crippen LogP contribution in [0.2, 0.25) is 0 Å². The second kappa shape index (κ2) is 6.77. The van der Waals surface area contributed by atoms with E-state index in [1.54, 1.807) is 0 Å². The molecule has 2 heterocycles. The molecular formula is C17H28N2O4. The van der Waals surface area contributed by atoms with Crippen molar-refractivity contribution in [2.75, 3.05) is 26.2 Å². The van der Waals surface area contributed by atoms with E-state index in [1.165, 1.54) is 0 Å². The Bertz CT molecular complexity index is 450. The van der Waals surface area contributed by atoms with Crippen molar-refractivity contribution in [3.05, 3.63) is 0 Å². The van der Waals surface area contributed by atoms with E-state index in [4.69, 9.17) is 0 Å². The Labute approximate surface area is 137 Å². The normalized spacial score (nSPS) is 30.4. The van der Waals surface area contributed by atoms with E-state index in [0.29, 0.717) is 51.7 Å². The van der Waals surface area contributed by atoms with Crippen LogP contribution in [-0.4, -0.2) is 70.2 Å². The maximum Gasteiger partial charge on any atom is 0.222 e. The van der Waals surface area contributed by atoms with Gasteiger partial charge >= 0.3 is 0 Å². The minimum absolute atomic E-state index is 0.132. The van der Waals surface area contributed by atoms with Gasteiger partial charge in [0.05, 0.1) is 12.2 Å². The molecular weight excluding hydrogens is 296 g/mol. The van der Waals surface area contributed by atoms with Crippen molar-refractivity contribution in [2.24, 2.45) is 5.41 Å². The van der Waals surface area contributed by atoms with E-state index in [-0.39, 0.29) is 17.2 Å². The van der Waals surface area contributed by atoms with E-state index >= 15 is 0 Å². The third kappa shape index (κ3) is 3.24. The summed E-state index contributed by atoms with van der Waals surface area (Å²) in [4.78, 5) is 27.8. The van der Waals surface area contributed by atoms with Crippen molar-refractivity contribution in [2.45, 2.75) is 63.6 Å². The molecule has 3 rings (SSSR count). The van der Waals surface area contributed by atoms with Gasteiger partial charge in [0.25, 0.3) is 0 Å². The maximum absolute atomic E-state index is 12.3. The minimum Gasteiger partial charge on any atom is -0.392 e. The van der Waals surface area contributed by atoms with Crippen molar-refractivity contribution in [3.8, 4) is 0 Å². The number of piperidine rings is 2. The molecule has 0 unspecified atom stereocenters. The first-order valence-electron chi connectivity index (χ1n) is 8.94. The number of nitrogens with zero attached hydrogens (tertiary/aromatic N) is 2. The van der Waals surface area contributed by atoms with Gasteiger partial charge in [-0.25, -0.2) is 0 Å². The van der Waals surface area contributed by atoms with Crippen LogP contribution < -0.4 is 0 Å². The molecule has 3 fully saturated rings. The average molecular weight is 324 g/mol. The van der Waals surface area contributed by atoms with Gasteiger partial charge in [0, 0.05) is 50.9 Å². The molecule has 2 amide bonds. The largest absolute Gasteiger partial charge is 0.392 e. The molecule has 0 bridgehead atoms. The van der Waals surface area contributed by atoms with Crippen LogP contribution in [0.3, 0.4) is 0 Å². The Kier molecular flexibility index (Phi) is 4.92. The van der Waals surface area contributed by atoms with Gasteiger partial charge in [-0.15, -0.1) is 0 Å². The summed E-state index contributed by atoms with van der Waals surface area (Å²) in [6, 6.07) is 0. The number of amides is 2. The molecule has 1 spiro atoms. The molecule has 2 atom stereocenters. The molecule has 6 heteroatoms. The second-order valence-electron chi connectivity index (χ2n) is 7.32. The Hall–Kier alpha value is -1.14. The van der Waals surface area contributed by atoms with Gasteiger partial charge in [-0.3, -0.25) is 9.59 Å². The fourth-order valence-corrected chi connectivity index (χ4v) is 4.26. The third-order valence-corrected chi connectivity index (χ3v) is 6.06. The predicted molar refractivity (Wildman–Crippen MR) is 84.5 cm³/mol. The number of hydrogen-bond acceptors (Lipinski definition) is 4. The average Bonchev–Trinajstić information content (AvgIpc) is 2.57. The lowest BCUT2D eigenvalue weighted by Crippen LogP contribution is -2.61. The first-order valence-corrected chi connectivity index (χ1v) is 8.94. The fraction of sp³-hybridized carbons (Fsp3) is 0.882. The van der Waals surface area contributed by atoms with E-state index in [9.17, 15) is 19.8 Å². The summed E-state index contributed by atoms with van der Waals surface area (Å²) in [5, 5.41) is 19.9. The molecule has 130 valence electrons. The summed E-state index contributed by atoms with van der Waals surface area (Å²) >= 11 is 0. The van der Waals surface area contributed by atoms with Gasteiger partial charge in [-0.1, -0.05) is 0 Å². The van der Waals surface area contributed by atoms with E-state index in [2.05, 4.69) is 0 Å². The smallest absolute Gasteiger partial charge is 0.222 e. The van der Waals surface area contributed by atoms with Crippen LogP contribution in [0.5, 0.6) is 0 Å². The van der Waals surface area contributed by atoms with Crippen LogP contribution in [0.4, 0.5) is 0 Å². The van der Waals surface area contributed by atoms with Crippen LogP contribution in [0.25, 0.3) is 0 Å². The molecule has 2 aliphatic heterocycles. The topological polar surface area (TPSA) is 81.1 Å². The summed E-state index contributed by atoms with van der Waals surface area (Å²) in [5.41, 5.74) is -0.364. The second-order valence-corrected chi connectivity index (χ2v) is 7.32. The molecule has 1 aliphatic carbocycles. The SMILES string of the molecule is O=C1CCCCN1CCCC(=O)N1CCC2(CC1)[C@H](O)C[C@@H]2O. The summed E-state index contributed by atoms with van der Waals surface area (Å²) in [6.45, 7) is 2.75. The van der Waals surface area contributed by atoms with Gasteiger partial charge in [0.2, 0.25) is 11.8 Å². The zero-order chi connectivity index (χ0) is 16.4. The van der Waals surface area contributed by atoms with Crippen LogP contribution in [0, 0.1) is 5.41 Å². The number of carbonyl (C=O) groups is 2. The molecule has 2 saturated heterocycles. The Balaban J connectivity index is 1.39. The highest BCUT2D eigenvalue weighted by atomic mass is 16.3. The number of carbonyl (C=O) groups excluding carboxylic acids is 2. The zero-order valence-corrected chi connectivity index (χ0v) is 13.7. The van der Waals surface area contributed by atoms with Crippen LogP contribution in [-0.2, 0) is 9.59 Å². The van der Waals surface area contributed by atoms with Crippen molar-refractivity contribution >= 4 is 11.8 Å². The van der Waals surface area contributed by atoms with Crippen molar-refractivity contribution in [1.82, 2.24) is 9.80 Å². The molecule has 0 aromatic heterocycles. The standard InChI is InChI=1S/C17H28N2O4/c20-13-12-14(21)17(13)6-10-19(11-7-17)16(23)5-3-9-18-8-2-1-4-15(18)22/h13-14,20-21H,1-12H2/t13-,14+. The highest BCUT2D eigenvalue weighted by Gasteiger charge is 2.55. The number of aliphatic hydroxyl groups is 2. The van der Waals surface area contributed by atoms with Gasteiger partial charge in [0.15, 0.2) is 0 Å². The molecule has 23 heavy (non-hydrogen) atoms. The summed E-state index contributed by atoms with van der Waals surface area (Å²) in [7, 11) is 0. The Morgan fingerprint density at radius 1 is 1.13 bits per heavy atom. The van der Waals surface area contributed by atoms with Crippen LogP contribution in [0.15, 0.2) is 0 Å². The van der Waals surface area contributed by atoms with Gasteiger partial charge in [-0.2, -0.15) is 0 Å². The molecule has 0 aromatic rings. The van der Waals surface area contributed by atoms with Crippen LogP contribution in [0.1, 0.15) is 51.4 Å². The first kappa shape index (κ1) is 16.7. The Morgan fingerprint density at radius 3 is 2.43 bits per heavy atom. The van der Waals surface area contributed by atoms with Crippen molar-refractivity contribution in [3.63, 3.8) is 0 Å². The lowest BCUT2D eigenvalue weighted by atomic mass is 9.58. The summed E-state index contributed by atoms with van der Waals surface area (Å²) in [5.74, 6) is 0.351. The lowest BCUT2D eigenvalue weighted by Gasteiger charge is -2.55. The summed E-state index contributed by atoms with van der Waals surface area (Å²) in [6.07, 6.45) is 4.90. The highest BCUT2D eigenvalue weighted by molar-refractivity contribution is 5.77. The molecule has 0 aromatic carbocycles. The van der Waals surface area contributed by atoms with E-state index in [1.807, 2.05) is 9.80 Å². The minimum atomic E-state index is -0.417. The monoisotopic (exact) mass is 324 g/mol. The molecule has 0 radical (unpaired) electrons. The van der Waals surface area contributed by atoms with Gasteiger partial charge in [0.1, 0.15) is 0 Å². The highest BCUT2D eigenvalue weighted by Crippen LogP contribution is 2.49. The number of aliphatic hydroxyl groups excluding tert-OH is 2. The quantitative estimate of drug-likeness (QED) is 0.790. The fourth-order valence-electron chi connectivity index (χ4n) is 4.26. The zero-order valence-electron chi connectivity index (χ0n) is 13.7. The number of rotatable bonds is 4. The van der Waals surface area contributed by atoms with Gasteiger partial charge in [-0.05, 0) is 32.1 Å². The molecule has 2 N–H and O–H groups in total. The predicted octanol–water partition coefficient (Wildman–Crippen LogP) is 0.513. The number of likely N-dealkylation sites (tertiary alicyclic amines) is 2. The Morgan fingerprint density at radius 2 is 1.83 bits per heavy atom. The van der Waals surface area contributed by atoms with Gasteiger partial charge < -0.3 is 20.0 Å². The molecule has 1 saturated carbocycles. The summed E-state index contributed by atoms with van der Waals surface area (Å²) < 4.78 is 0. The molecule has 6 nitrogen and oxygen atoms in total. The maximum atomic E-state index is 12.3. The van der Waals surface area contributed by atoms with E-state index < -0.39 is 12.2 Å². The third-order valence-electron chi connectivity index (χ3n) is 6.06. The first-order chi connectivity index (χ1) is 11.0. The number of hydrogen-bond donors (Lipinski definition) is 2. The van der Waals surface area contributed by atoms with Crippen molar-refractivity contribution in [1.29, 1.82) is 0 Å². The van der Waals surface area contributed by atoms with Crippen molar-refractivity contribution < 1.29 is 19.8 Å². The lowest BCUT2D eigenvalue weighted by molar-refractivity contribution is -0.191. The van der Waals surface area contributed by atoms with E-state index in [0.717, 1.165) is 25.8 Å². The van der Waals surface area contributed by atoms with Crippen LogP contribution >= 0.6 is 0 Å².